The normalized spacial score (nSPS) is 14.8. The third kappa shape index (κ3) is 6.98. The quantitative estimate of drug-likeness (QED) is 0.122. The molecule has 0 saturated heterocycles. The number of benzene rings is 3. The second kappa shape index (κ2) is 12.0. The summed E-state index contributed by atoms with van der Waals surface area (Å²) >= 11 is 4.90. The molecule has 3 aromatic carbocycles. The van der Waals surface area contributed by atoms with E-state index in [-0.39, 0.29) is 24.3 Å². The van der Waals surface area contributed by atoms with Crippen LogP contribution in [-0.2, 0) is 26.8 Å². The van der Waals surface area contributed by atoms with Gasteiger partial charge in [0.2, 0.25) is 5.52 Å². The highest BCUT2D eigenvalue weighted by atomic mass is 32.2. The topological polar surface area (TPSA) is 116 Å². The number of aromatic nitrogens is 1. The Morgan fingerprint density at radius 1 is 0.860 bits per heavy atom. The van der Waals surface area contributed by atoms with Gasteiger partial charge in [-0.15, -0.1) is 11.3 Å². The van der Waals surface area contributed by atoms with E-state index in [1.807, 2.05) is 31.2 Å². The SMILES string of the molecule is Cc1ccc2c(c1)N(CCCS(=O)(=O)O)C(=Cc1sc3ccc(-c4cc5ccccc5s4)cc3[n+]1CCCS(=O)(=O)O)S2. The maximum atomic E-state index is 11.5. The molecule has 0 aliphatic carbocycles. The minimum Gasteiger partial charge on any atom is -0.335 e. The fourth-order valence-electron chi connectivity index (χ4n) is 5.18. The Hall–Kier alpha value is -2.78. The van der Waals surface area contributed by atoms with Crippen molar-refractivity contribution in [1.29, 1.82) is 0 Å². The first-order valence-corrected chi connectivity index (χ1v) is 19.2. The van der Waals surface area contributed by atoms with Crippen LogP contribution in [0.4, 0.5) is 5.69 Å². The van der Waals surface area contributed by atoms with Crippen molar-refractivity contribution < 1.29 is 30.5 Å². The molecular weight excluding hydrogens is 645 g/mol. The zero-order chi connectivity index (χ0) is 30.4. The van der Waals surface area contributed by atoms with Gasteiger partial charge in [0.15, 0.2) is 6.54 Å². The molecule has 3 heterocycles. The van der Waals surface area contributed by atoms with Crippen molar-refractivity contribution in [2.45, 2.75) is 31.2 Å². The van der Waals surface area contributed by atoms with Crippen LogP contribution in [0.1, 0.15) is 23.4 Å². The molecule has 8 nitrogen and oxygen atoms in total. The summed E-state index contributed by atoms with van der Waals surface area (Å²) in [5.74, 6) is -0.674. The van der Waals surface area contributed by atoms with Gasteiger partial charge in [-0.05, 0) is 60.2 Å². The number of hydrogen-bond donors (Lipinski definition) is 2. The van der Waals surface area contributed by atoms with E-state index in [4.69, 9.17) is 0 Å². The molecule has 13 heteroatoms. The van der Waals surface area contributed by atoms with E-state index >= 15 is 0 Å². The van der Waals surface area contributed by atoms with Crippen molar-refractivity contribution in [1.82, 2.24) is 0 Å². The van der Waals surface area contributed by atoms with Crippen LogP contribution in [0, 0.1) is 6.92 Å². The van der Waals surface area contributed by atoms with Crippen LogP contribution >= 0.6 is 34.4 Å². The largest absolute Gasteiger partial charge is 0.335 e. The number of aryl methyl sites for hydroxylation is 2. The Balaban J connectivity index is 1.42. The lowest BCUT2D eigenvalue weighted by molar-refractivity contribution is -0.668. The summed E-state index contributed by atoms with van der Waals surface area (Å²) in [5.41, 5.74) is 4.10. The highest BCUT2D eigenvalue weighted by Crippen LogP contribution is 2.47. The lowest BCUT2D eigenvalue weighted by Gasteiger charge is -2.20. The third-order valence-electron chi connectivity index (χ3n) is 7.14. The second-order valence-electron chi connectivity index (χ2n) is 10.4. The van der Waals surface area contributed by atoms with Gasteiger partial charge in [0, 0.05) is 33.5 Å². The standard InChI is InChI=1S/C30H28N2O6S5/c1-20-8-10-26-23(16-20)31(12-4-14-42(33,34)35)29(40-26)19-30-32(13-5-15-43(36,37)38)24-17-22(9-11-27(24)41-30)28-18-21-6-2-3-7-25(21)39-28/h2-3,6-11,16-19H,4-5,12-15H2,1H3,(H-,33,34,35,36,37,38)/p+1. The van der Waals surface area contributed by atoms with Crippen LogP contribution in [-0.4, -0.2) is 44.0 Å². The minimum absolute atomic E-state index is 0.239. The van der Waals surface area contributed by atoms with Gasteiger partial charge in [0.05, 0.1) is 28.3 Å². The third-order valence-corrected chi connectivity index (χ3v) is 12.1. The summed E-state index contributed by atoms with van der Waals surface area (Å²) in [6.07, 6.45) is 2.55. The molecule has 1 aliphatic rings. The van der Waals surface area contributed by atoms with E-state index in [0.29, 0.717) is 13.1 Å². The number of anilines is 1. The van der Waals surface area contributed by atoms with Gasteiger partial charge >= 0.3 is 0 Å². The average molecular weight is 674 g/mol. The van der Waals surface area contributed by atoms with Crippen molar-refractivity contribution >= 4 is 86.7 Å². The zero-order valence-corrected chi connectivity index (χ0v) is 27.2. The van der Waals surface area contributed by atoms with Gasteiger partial charge in [-0.3, -0.25) is 9.11 Å². The molecule has 0 radical (unpaired) electrons. The number of nitrogens with zero attached hydrogens (tertiary/aromatic N) is 2. The van der Waals surface area contributed by atoms with E-state index in [1.54, 1.807) is 34.4 Å². The smallest absolute Gasteiger partial charge is 0.265 e. The number of rotatable bonds is 10. The molecule has 1 aliphatic heterocycles. The van der Waals surface area contributed by atoms with Gasteiger partial charge in [-0.1, -0.05) is 53.4 Å². The van der Waals surface area contributed by atoms with E-state index in [2.05, 4.69) is 58.0 Å². The summed E-state index contributed by atoms with van der Waals surface area (Å²) in [4.78, 5) is 4.27. The van der Waals surface area contributed by atoms with Gasteiger partial charge in [-0.25, -0.2) is 0 Å². The molecule has 2 N–H and O–H groups in total. The first-order chi connectivity index (χ1) is 20.4. The first kappa shape index (κ1) is 30.3. The van der Waals surface area contributed by atoms with Crippen molar-refractivity contribution in [3.8, 4) is 10.4 Å². The van der Waals surface area contributed by atoms with Crippen LogP contribution in [0.15, 0.2) is 76.7 Å². The van der Waals surface area contributed by atoms with Crippen LogP contribution in [0.5, 0.6) is 0 Å². The molecule has 5 aromatic rings. The number of thiazole rings is 1. The van der Waals surface area contributed by atoms with Crippen LogP contribution in [0.3, 0.4) is 0 Å². The molecule has 0 unspecified atom stereocenters. The van der Waals surface area contributed by atoms with Gasteiger partial charge in [0.1, 0.15) is 4.70 Å². The molecule has 43 heavy (non-hydrogen) atoms. The summed E-state index contributed by atoms with van der Waals surface area (Å²) in [7, 11) is -8.19. The molecule has 0 spiro atoms. The van der Waals surface area contributed by atoms with Gasteiger partial charge < -0.3 is 4.90 Å². The highest BCUT2D eigenvalue weighted by molar-refractivity contribution is 8.04. The summed E-state index contributed by atoms with van der Waals surface area (Å²) in [5, 5.41) is 3.00. The predicted octanol–water partition coefficient (Wildman–Crippen LogP) is 6.85. The number of thiophene rings is 1. The molecule has 0 bridgehead atoms. The predicted molar refractivity (Wildman–Crippen MR) is 177 cm³/mol. The summed E-state index contributed by atoms with van der Waals surface area (Å²) < 4.78 is 69.0. The van der Waals surface area contributed by atoms with Crippen molar-refractivity contribution in [2.75, 3.05) is 23.0 Å². The van der Waals surface area contributed by atoms with E-state index in [1.165, 1.54) is 10.1 Å². The molecular formula is C30H29N2O6S5+. The Morgan fingerprint density at radius 3 is 2.40 bits per heavy atom. The molecule has 0 atom stereocenters. The van der Waals surface area contributed by atoms with Gasteiger partial charge in [-0.2, -0.15) is 21.4 Å². The van der Waals surface area contributed by atoms with Gasteiger partial charge in [0.25, 0.3) is 25.2 Å². The Bertz CT molecular complexity index is 2060. The lowest BCUT2D eigenvalue weighted by Crippen LogP contribution is -2.36. The van der Waals surface area contributed by atoms with Crippen LogP contribution in [0.2, 0.25) is 0 Å². The van der Waals surface area contributed by atoms with E-state index in [0.717, 1.165) is 46.8 Å². The number of hydrogen-bond acceptors (Lipinski definition) is 8. The fourth-order valence-corrected chi connectivity index (χ4v) is 9.51. The van der Waals surface area contributed by atoms with E-state index < -0.39 is 20.2 Å². The average Bonchev–Trinajstić information content (AvgIpc) is 3.61. The molecule has 0 fully saturated rings. The fraction of sp³-hybridized carbons (Fsp3) is 0.233. The lowest BCUT2D eigenvalue weighted by atomic mass is 10.1. The van der Waals surface area contributed by atoms with Crippen LogP contribution < -0.4 is 9.47 Å². The maximum absolute atomic E-state index is 11.5. The monoisotopic (exact) mass is 673 g/mol. The van der Waals surface area contributed by atoms with Crippen molar-refractivity contribution in [2.24, 2.45) is 0 Å². The van der Waals surface area contributed by atoms with Crippen molar-refractivity contribution in [3.05, 3.63) is 82.3 Å². The maximum Gasteiger partial charge on any atom is 0.265 e. The molecule has 0 saturated carbocycles. The Labute approximate surface area is 262 Å². The first-order valence-electron chi connectivity index (χ1n) is 13.6. The number of thioether (sulfide) groups is 1. The molecule has 0 amide bonds. The minimum atomic E-state index is -4.11. The molecule has 224 valence electrons. The number of fused-ring (bicyclic) bond motifs is 3. The Kier molecular flexibility index (Phi) is 8.41. The molecule has 6 rings (SSSR count). The molecule has 2 aromatic heterocycles. The van der Waals surface area contributed by atoms with E-state index in [9.17, 15) is 25.9 Å². The summed E-state index contributed by atoms with van der Waals surface area (Å²) in [6, 6.07) is 22.9. The summed E-state index contributed by atoms with van der Waals surface area (Å²) in [6.45, 7) is 2.79. The van der Waals surface area contributed by atoms with Crippen molar-refractivity contribution in [3.63, 3.8) is 0 Å². The van der Waals surface area contributed by atoms with Crippen LogP contribution in [0.25, 0.3) is 36.8 Å². The Morgan fingerprint density at radius 2 is 1.63 bits per heavy atom. The zero-order valence-electron chi connectivity index (χ0n) is 23.1. The highest BCUT2D eigenvalue weighted by Gasteiger charge is 2.29. The second-order valence-corrected chi connectivity index (χ2v) is 16.8.